The Labute approximate surface area is 94.6 Å². The van der Waals surface area contributed by atoms with Crippen LogP contribution < -0.4 is 0 Å². The van der Waals surface area contributed by atoms with Crippen LogP contribution in [-0.4, -0.2) is 19.9 Å². The first-order valence-corrected chi connectivity index (χ1v) is 5.33. The molecule has 2 aromatic rings. The topological polar surface area (TPSA) is 50.9 Å². The predicted octanol–water partition coefficient (Wildman–Crippen LogP) is 1.48. The number of pyridine rings is 1. The van der Waals surface area contributed by atoms with Crippen LogP contribution in [0.4, 0.5) is 0 Å². The van der Waals surface area contributed by atoms with Crippen molar-refractivity contribution >= 4 is 0 Å². The van der Waals surface area contributed by atoms with Crippen molar-refractivity contribution < 1.29 is 5.11 Å². The standard InChI is InChI=1S/C12H15N3O/c1-15-10(7-9-14-15)5-6-12(16)11-4-2-3-8-13-11/h2-4,7-9,12,16H,5-6H2,1H3. The molecule has 0 aliphatic carbocycles. The van der Waals surface area contributed by atoms with Gasteiger partial charge >= 0.3 is 0 Å². The van der Waals surface area contributed by atoms with Gasteiger partial charge in [0.05, 0.1) is 11.8 Å². The van der Waals surface area contributed by atoms with Crippen LogP contribution in [0.5, 0.6) is 0 Å². The number of hydrogen-bond acceptors (Lipinski definition) is 3. The molecular weight excluding hydrogens is 202 g/mol. The molecule has 0 aliphatic rings. The van der Waals surface area contributed by atoms with Crippen LogP contribution in [0, 0.1) is 0 Å². The first-order valence-electron chi connectivity index (χ1n) is 5.33. The van der Waals surface area contributed by atoms with E-state index in [1.54, 1.807) is 12.4 Å². The van der Waals surface area contributed by atoms with Gasteiger partial charge in [0.15, 0.2) is 0 Å². The lowest BCUT2D eigenvalue weighted by molar-refractivity contribution is 0.162. The number of nitrogens with zero attached hydrogens (tertiary/aromatic N) is 3. The van der Waals surface area contributed by atoms with Gasteiger partial charge < -0.3 is 5.11 Å². The van der Waals surface area contributed by atoms with Crippen LogP contribution in [0.25, 0.3) is 0 Å². The molecule has 84 valence electrons. The quantitative estimate of drug-likeness (QED) is 0.844. The summed E-state index contributed by atoms with van der Waals surface area (Å²) in [6.07, 6.45) is 4.42. The Morgan fingerprint density at radius 3 is 2.81 bits per heavy atom. The minimum absolute atomic E-state index is 0.504. The number of aryl methyl sites for hydroxylation is 2. The zero-order valence-corrected chi connectivity index (χ0v) is 9.24. The third-order valence-corrected chi connectivity index (χ3v) is 2.63. The van der Waals surface area contributed by atoms with Gasteiger partial charge in [-0.05, 0) is 31.0 Å². The van der Waals surface area contributed by atoms with Crippen molar-refractivity contribution in [2.45, 2.75) is 18.9 Å². The molecule has 0 saturated heterocycles. The van der Waals surface area contributed by atoms with E-state index in [0.717, 1.165) is 17.8 Å². The second-order valence-electron chi connectivity index (χ2n) is 3.76. The van der Waals surface area contributed by atoms with E-state index in [-0.39, 0.29) is 0 Å². The molecule has 2 heterocycles. The maximum absolute atomic E-state index is 9.92. The molecule has 0 amide bonds. The number of aliphatic hydroxyl groups excluding tert-OH is 1. The van der Waals surface area contributed by atoms with Crippen molar-refractivity contribution in [1.82, 2.24) is 14.8 Å². The van der Waals surface area contributed by atoms with Crippen molar-refractivity contribution in [3.05, 3.63) is 48.0 Å². The van der Waals surface area contributed by atoms with Crippen LogP contribution >= 0.6 is 0 Å². The lowest BCUT2D eigenvalue weighted by Gasteiger charge is -2.09. The highest BCUT2D eigenvalue weighted by molar-refractivity contribution is 5.08. The highest BCUT2D eigenvalue weighted by atomic mass is 16.3. The Morgan fingerprint density at radius 1 is 1.31 bits per heavy atom. The summed E-state index contributed by atoms with van der Waals surface area (Å²) in [4.78, 5) is 4.13. The van der Waals surface area contributed by atoms with E-state index in [1.807, 2.05) is 36.0 Å². The van der Waals surface area contributed by atoms with Gasteiger partial charge in [-0.25, -0.2) is 0 Å². The minimum Gasteiger partial charge on any atom is -0.387 e. The SMILES string of the molecule is Cn1nccc1CCC(O)c1ccccn1. The Balaban J connectivity index is 1.94. The molecule has 1 atom stereocenters. The average Bonchev–Trinajstić information content (AvgIpc) is 2.73. The van der Waals surface area contributed by atoms with Gasteiger partial charge in [-0.1, -0.05) is 6.07 Å². The lowest BCUT2D eigenvalue weighted by Crippen LogP contribution is -2.04. The van der Waals surface area contributed by atoms with Crippen LogP contribution in [0.1, 0.15) is 23.9 Å². The lowest BCUT2D eigenvalue weighted by atomic mass is 10.1. The zero-order chi connectivity index (χ0) is 11.4. The summed E-state index contributed by atoms with van der Waals surface area (Å²) in [5, 5.41) is 14.0. The van der Waals surface area contributed by atoms with Gasteiger partial charge in [-0.15, -0.1) is 0 Å². The summed E-state index contributed by atoms with van der Waals surface area (Å²) in [6.45, 7) is 0. The van der Waals surface area contributed by atoms with E-state index in [2.05, 4.69) is 10.1 Å². The minimum atomic E-state index is -0.504. The molecule has 0 spiro atoms. The highest BCUT2D eigenvalue weighted by Crippen LogP contribution is 2.16. The van der Waals surface area contributed by atoms with Crippen molar-refractivity contribution in [2.75, 3.05) is 0 Å². The summed E-state index contributed by atoms with van der Waals surface area (Å²) in [6, 6.07) is 7.53. The zero-order valence-electron chi connectivity index (χ0n) is 9.24. The van der Waals surface area contributed by atoms with Crippen molar-refractivity contribution in [2.24, 2.45) is 7.05 Å². The van der Waals surface area contributed by atoms with Gasteiger partial charge in [0, 0.05) is 25.1 Å². The first kappa shape index (κ1) is 10.8. The number of hydrogen-bond donors (Lipinski definition) is 1. The molecule has 4 nitrogen and oxygen atoms in total. The summed E-state index contributed by atoms with van der Waals surface area (Å²) < 4.78 is 1.82. The van der Waals surface area contributed by atoms with Crippen LogP contribution in [0.2, 0.25) is 0 Å². The molecule has 2 aromatic heterocycles. The fourth-order valence-electron chi connectivity index (χ4n) is 1.65. The molecule has 0 aliphatic heterocycles. The van der Waals surface area contributed by atoms with Crippen molar-refractivity contribution in [3.8, 4) is 0 Å². The fourth-order valence-corrected chi connectivity index (χ4v) is 1.65. The molecule has 4 heteroatoms. The Hall–Kier alpha value is -1.68. The molecule has 1 N–H and O–H groups in total. The molecule has 0 fully saturated rings. The van der Waals surface area contributed by atoms with E-state index in [9.17, 15) is 5.11 Å². The van der Waals surface area contributed by atoms with Gasteiger partial charge in [0.2, 0.25) is 0 Å². The fraction of sp³-hybridized carbons (Fsp3) is 0.333. The summed E-state index contributed by atoms with van der Waals surface area (Å²) >= 11 is 0. The van der Waals surface area contributed by atoms with E-state index in [0.29, 0.717) is 6.42 Å². The van der Waals surface area contributed by atoms with Crippen molar-refractivity contribution in [1.29, 1.82) is 0 Å². The second kappa shape index (κ2) is 4.90. The smallest absolute Gasteiger partial charge is 0.0963 e. The first-order chi connectivity index (χ1) is 7.77. The second-order valence-corrected chi connectivity index (χ2v) is 3.76. The number of aliphatic hydroxyl groups is 1. The Kier molecular flexibility index (Phi) is 3.31. The van der Waals surface area contributed by atoms with Crippen LogP contribution in [0.15, 0.2) is 36.7 Å². The predicted molar refractivity (Wildman–Crippen MR) is 60.7 cm³/mol. The molecular formula is C12H15N3O. The molecule has 2 rings (SSSR count). The molecule has 1 unspecified atom stereocenters. The highest BCUT2D eigenvalue weighted by Gasteiger charge is 2.09. The van der Waals surface area contributed by atoms with Gasteiger partial charge in [0.25, 0.3) is 0 Å². The van der Waals surface area contributed by atoms with Gasteiger partial charge in [-0.3, -0.25) is 9.67 Å². The third kappa shape index (κ3) is 2.46. The molecule has 0 bridgehead atoms. The number of aromatic nitrogens is 3. The van der Waals surface area contributed by atoms with E-state index in [1.165, 1.54) is 0 Å². The summed E-state index contributed by atoms with van der Waals surface area (Å²) in [7, 11) is 1.91. The third-order valence-electron chi connectivity index (χ3n) is 2.63. The Morgan fingerprint density at radius 2 is 2.19 bits per heavy atom. The van der Waals surface area contributed by atoms with Gasteiger partial charge in [0.1, 0.15) is 0 Å². The van der Waals surface area contributed by atoms with Crippen LogP contribution in [0.3, 0.4) is 0 Å². The Bertz CT molecular complexity index is 439. The van der Waals surface area contributed by atoms with E-state index in [4.69, 9.17) is 0 Å². The monoisotopic (exact) mass is 217 g/mol. The molecule has 0 aromatic carbocycles. The van der Waals surface area contributed by atoms with Gasteiger partial charge in [-0.2, -0.15) is 5.10 Å². The molecule has 16 heavy (non-hydrogen) atoms. The van der Waals surface area contributed by atoms with Crippen molar-refractivity contribution in [3.63, 3.8) is 0 Å². The van der Waals surface area contributed by atoms with Crippen LogP contribution in [-0.2, 0) is 13.5 Å². The summed E-state index contributed by atoms with van der Waals surface area (Å²) in [5.74, 6) is 0. The van der Waals surface area contributed by atoms with E-state index < -0.39 is 6.10 Å². The largest absolute Gasteiger partial charge is 0.387 e. The average molecular weight is 217 g/mol. The van der Waals surface area contributed by atoms with E-state index >= 15 is 0 Å². The maximum atomic E-state index is 9.92. The summed E-state index contributed by atoms with van der Waals surface area (Å²) in [5.41, 5.74) is 1.85. The number of rotatable bonds is 4. The molecule has 0 radical (unpaired) electrons. The maximum Gasteiger partial charge on any atom is 0.0963 e. The molecule has 0 saturated carbocycles. The normalized spacial score (nSPS) is 12.6.